The maximum absolute atomic E-state index is 13.3. The normalized spacial score (nSPS) is 17.7. The number of carbonyl (C=O) groups is 3. The Morgan fingerprint density at radius 3 is 2.16 bits per heavy atom. The third-order valence-electron chi connectivity index (χ3n) is 5.37. The summed E-state index contributed by atoms with van der Waals surface area (Å²) in [6, 6.07) is 15.6. The maximum Gasteiger partial charge on any atom is 0.410 e. The van der Waals surface area contributed by atoms with Gasteiger partial charge in [-0.3, -0.25) is 19.3 Å². The van der Waals surface area contributed by atoms with Gasteiger partial charge in [0.2, 0.25) is 12.3 Å². The van der Waals surface area contributed by atoms with Crippen molar-refractivity contribution in [3.63, 3.8) is 0 Å². The molecule has 1 N–H and O–H groups in total. The Hall–Kier alpha value is -3.59. The molecule has 200 valence electrons. The van der Waals surface area contributed by atoms with E-state index in [9.17, 15) is 14.4 Å². The van der Waals surface area contributed by atoms with E-state index in [1.165, 1.54) is 9.96 Å². The number of likely N-dealkylation sites (tertiary alicyclic amines) is 1. The summed E-state index contributed by atoms with van der Waals surface area (Å²) >= 11 is 0. The molecule has 2 atom stereocenters. The first-order valence-electron chi connectivity index (χ1n) is 12.4. The molecule has 2 aromatic rings. The zero-order valence-electron chi connectivity index (χ0n) is 22.4. The van der Waals surface area contributed by atoms with E-state index < -0.39 is 23.3 Å². The third kappa shape index (κ3) is 8.78. The number of nitrogens with zero attached hydrogens (tertiary/aromatic N) is 2. The summed E-state index contributed by atoms with van der Waals surface area (Å²) in [6.45, 7) is 11.4. The predicted octanol–water partition coefficient (Wildman–Crippen LogP) is 5.23. The molecule has 0 aliphatic carbocycles. The lowest BCUT2D eigenvalue weighted by Crippen LogP contribution is -2.45. The van der Waals surface area contributed by atoms with Crippen molar-refractivity contribution < 1.29 is 28.7 Å². The first-order valence-corrected chi connectivity index (χ1v) is 12.4. The van der Waals surface area contributed by atoms with E-state index in [0.29, 0.717) is 30.0 Å². The number of nitrogens with one attached hydrogen (secondary N) is 1. The Bertz CT molecular complexity index is 1060. The van der Waals surface area contributed by atoms with Gasteiger partial charge in [0.05, 0.1) is 12.1 Å². The Morgan fingerprint density at radius 1 is 0.973 bits per heavy atom. The van der Waals surface area contributed by atoms with Crippen molar-refractivity contribution in [1.82, 2.24) is 9.96 Å². The largest absolute Gasteiger partial charge is 0.457 e. The smallest absolute Gasteiger partial charge is 0.410 e. The van der Waals surface area contributed by atoms with Crippen molar-refractivity contribution in [2.75, 3.05) is 18.4 Å². The van der Waals surface area contributed by atoms with E-state index in [0.717, 1.165) is 0 Å². The van der Waals surface area contributed by atoms with E-state index in [-0.39, 0.29) is 24.9 Å². The number of anilines is 1. The zero-order chi connectivity index (χ0) is 27.2. The van der Waals surface area contributed by atoms with E-state index in [1.807, 2.05) is 51.1 Å². The molecule has 9 heteroatoms. The van der Waals surface area contributed by atoms with Crippen molar-refractivity contribution >= 4 is 24.1 Å². The van der Waals surface area contributed by atoms with E-state index in [1.54, 1.807) is 45.0 Å². The van der Waals surface area contributed by atoms with Crippen LogP contribution in [0.4, 0.5) is 10.5 Å². The van der Waals surface area contributed by atoms with Gasteiger partial charge in [-0.05, 0) is 90.3 Å². The Morgan fingerprint density at radius 2 is 1.59 bits per heavy atom. The molecular weight excluding hydrogens is 474 g/mol. The molecule has 1 unspecified atom stereocenters. The summed E-state index contributed by atoms with van der Waals surface area (Å²) in [4.78, 5) is 45.0. The van der Waals surface area contributed by atoms with Gasteiger partial charge in [0.15, 0.2) is 0 Å². The third-order valence-corrected chi connectivity index (χ3v) is 5.37. The van der Waals surface area contributed by atoms with Gasteiger partial charge in [-0.2, -0.15) is 0 Å². The molecule has 0 spiro atoms. The van der Waals surface area contributed by atoms with Gasteiger partial charge in [-0.25, -0.2) is 9.86 Å². The number of hydrogen-bond donors (Lipinski definition) is 1. The molecule has 9 nitrogen and oxygen atoms in total. The number of hydrogen-bond acceptors (Lipinski definition) is 6. The quantitative estimate of drug-likeness (QED) is 0.385. The molecule has 3 amide bonds. The zero-order valence-corrected chi connectivity index (χ0v) is 22.4. The lowest BCUT2D eigenvalue weighted by atomic mass is 10.1. The lowest BCUT2D eigenvalue weighted by molar-refractivity contribution is -0.219. The number of ether oxygens (including phenoxy) is 2. The van der Waals surface area contributed by atoms with E-state index in [2.05, 4.69) is 5.32 Å². The van der Waals surface area contributed by atoms with Crippen LogP contribution in [0.2, 0.25) is 0 Å². The van der Waals surface area contributed by atoms with Gasteiger partial charge < -0.3 is 14.8 Å². The minimum atomic E-state index is -0.761. The molecule has 0 radical (unpaired) electrons. The fraction of sp³-hybridized carbons (Fsp3) is 0.464. The van der Waals surface area contributed by atoms with Crippen molar-refractivity contribution in [3.05, 3.63) is 54.6 Å². The Kier molecular flexibility index (Phi) is 8.81. The van der Waals surface area contributed by atoms with Crippen LogP contribution in [-0.2, 0) is 19.2 Å². The van der Waals surface area contributed by atoms with Crippen LogP contribution in [0.3, 0.4) is 0 Å². The van der Waals surface area contributed by atoms with Crippen LogP contribution in [-0.4, -0.2) is 58.7 Å². The summed E-state index contributed by atoms with van der Waals surface area (Å²) < 4.78 is 11.4. The number of hydroxylamine groups is 2. The lowest BCUT2D eigenvalue weighted by Gasteiger charge is -2.29. The number of amides is 3. The first-order chi connectivity index (χ1) is 17.3. The van der Waals surface area contributed by atoms with Gasteiger partial charge in [-0.15, -0.1) is 0 Å². The monoisotopic (exact) mass is 511 g/mol. The van der Waals surface area contributed by atoms with Gasteiger partial charge in [0, 0.05) is 12.2 Å². The summed E-state index contributed by atoms with van der Waals surface area (Å²) in [7, 11) is 0. The minimum absolute atomic E-state index is 0.169. The van der Waals surface area contributed by atoms with Crippen molar-refractivity contribution in [2.45, 2.75) is 65.2 Å². The fourth-order valence-corrected chi connectivity index (χ4v) is 3.99. The molecule has 1 heterocycles. The van der Waals surface area contributed by atoms with Crippen LogP contribution < -0.4 is 10.1 Å². The van der Waals surface area contributed by atoms with Gasteiger partial charge in [-0.1, -0.05) is 18.2 Å². The standard InChI is InChI=1S/C28H37N3O6/c1-27(2,3)36-26(34)31-18-20(17-30(19-32)37-28(4,5)6)16-24(31)25(33)29-21-12-14-23(15-13-21)35-22-10-8-7-9-11-22/h7-15,19-20,24H,16-18H2,1-6H3,(H,29,33)/t20?,24-/m0/s1. The van der Waals surface area contributed by atoms with Crippen LogP contribution in [0.15, 0.2) is 54.6 Å². The van der Waals surface area contributed by atoms with E-state index in [4.69, 9.17) is 14.3 Å². The number of benzene rings is 2. The molecule has 0 aromatic heterocycles. The molecule has 1 saturated heterocycles. The molecule has 1 aliphatic rings. The Balaban J connectivity index is 1.70. The summed E-state index contributed by atoms with van der Waals surface area (Å²) in [5.74, 6) is 0.842. The second kappa shape index (κ2) is 11.6. The second-order valence-electron chi connectivity index (χ2n) is 11.1. The average Bonchev–Trinajstić information content (AvgIpc) is 3.23. The number of carbonyl (C=O) groups excluding carboxylic acids is 3. The van der Waals surface area contributed by atoms with Crippen LogP contribution in [0, 0.1) is 5.92 Å². The number of para-hydroxylation sites is 1. The van der Waals surface area contributed by atoms with Crippen LogP contribution in [0.1, 0.15) is 48.0 Å². The highest BCUT2D eigenvalue weighted by Crippen LogP contribution is 2.29. The van der Waals surface area contributed by atoms with Crippen molar-refractivity contribution in [3.8, 4) is 11.5 Å². The number of rotatable bonds is 8. The predicted molar refractivity (Wildman–Crippen MR) is 140 cm³/mol. The average molecular weight is 512 g/mol. The SMILES string of the molecule is CC(C)(C)OC(=O)N1CC(CN(C=O)OC(C)(C)C)C[C@H]1C(=O)Nc1ccc(Oc2ccccc2)cc1. The molecule has 3 rings (SSSR count). The van der Waals surface area contributed by atoms with Crippen LogP contribution >= 0.6 is 0 Å². The van der Waals surface area contributed by atoms with Crippen LogP contribution in [0.25, 0.3) is 0 Å². The van der Waals surface area contributed by atoms with Gasteiger partial charge in [0.1, 0.15) is 23.1 Å². The molecule has 2 aromatic carbocycles. The summed E-state index contributed by atoms with van der Waals surface area (Å²) in [6.07, 6.45) is 0.407. The Labute approximate surface area is 218 Å². The molecule has 1 fully saturated rings. The van der Waals surface area contributed by atoms with Crippen LogP contribution in [0.5, 0.6) is 11.5 Å². The summed E-state index contributed by atoms with van der Waals surface area (Å²) in [5.41, 5.74) is -0.699. The fourth-order valence-electron chi connectivity index (χ4n) is 3.99. The van der Waals surface area contributed by atoms with Crippen molar-refractivity contribution in [1.29, 1.82) is 0 Å². The summed E-state index contributed by atoms with van der Waals surface area (Å²) in [5, 5.41) is 4.12. The van der Waals surface area contributed by atoms with E-state index >= 15 is 0 Å². The highest BCUT2D eigenvalue weighted by molar-refractivity contribution is 5.97. The van der Waals surface area contributed by atoms with Crippen molar-refractivity contribution in [2.24, 2.45) is 5.92 Å². The highest BCUT2D eigenvalue weighted by Gasteiger charge is 2.42. The highest BCUT2D eigenvalue weighted by atomic mass is 16.7. The molecule has 0 bridgehead atoms. The molecule has 37 heavy (non-hydrogen) atoms. The second-order valence-corrected chi connectivity index (χ2v) is 11.1. The van der Waals surface area contributed by atoms with Gasteiger partial charge >= 0.3 is 6.09 Å². The topological polar surface area (TPSA) is 97.4 Å². The maximum atomic E-state index is 13.3. The molecule has 0 saturated carbocycles. The molecule has 1 aliphatic heterocycles. The minimum Gasteiger partial charge on any atom is -0.457 e. The van der Waals surface area contributed by atoms with Gasteiger partial charge in [0.25, 0.3) is 0 Å². The molecular formula is C28H37N3O6. The first kappa shape index (κ1) is 28.0.